The van der Waals surface area contributed by atoms with Crippen LogP contribution >= 0.6 is 0 Å². The van der Waals surface area contributed by atoms with Crippen LogP contribution in [0.5, 0.6) is 0 Å². The van der Waals surface area contributed by atoms with Crippen LogP contribution in [0.2, 0.25) is 0 Å². The Labute approximate surface area is 146 Å². The molecule has 0 unspecified atom stereocenters. The highest BCUT2D eigenvalue weighted by molar-refractivity contribution is 5.92. The van der Waals surface area contributed by atoms with Crippen molar-refractivity contribution in [1.29, 1.82) is 0 Å². The molecule has 1 amide bonds. The third kappa shape index (κ3) is 3.78. The molecule has 2 aromatic rings. The second-order valence-electron chi connectivity index (χ2n) is 5.90. The maximum Gasteiger partial charge on any atom is 0.342 e. The number of ether oxygens (including phenoxy) is 1. The number of amides is 1. The molecular weight excluding hydrogens is 322 g/mol. The standard InChI is InChI=1S/C17H21N5O3/c1-13-14(11-19-20(13)2)17(24)25-12-16(23)22-9-7-21(8-10-22)15-5-3-4-6-18-15/h3-6,11H,7-10,12H2,1-2H3. The number of nitrogens with zero attached hydrogens (tertiary/aromatic N) is 5. The van der Waals surface area contributed by atoms with E-state index >= 15 is 0 Å². The number of aryl methyl sites for hydroxylation is 1. The number of piperazine rings is 1. The first-order chi connectivity index (χ1) is 12.1. The van der Waals surface area contributed by atoms with Gasteiger partial charge in [0.25, 0.3) is 5.91 Å². The number of carbonyl (C=O) groups excluding carboxylic acids is 2. The minimum Gasteiger partial charge on any atom is -0.452 e. The highest BCUT2D eigenvalue weighted by Crippen LogP contribution is 2.13. The molecule has 0 saturated carbocycles. The van der Waals surface area contributed by atoms with Gasteiger partial charge in [-0.2, -0.15) is 5.10 Å². The molecule has 0 radical (unpaired) electrons. The minimum absolute atomic E-state index is 0.185. The molecule has 0 atom stereocenters. The van der Waals surface area contributed by atoms with E-state index in [-0.39, 0.29) is 12.5 Å². The minimum atomic E-state index is -0.522. The fraction of sp³-hybridized carbons (Fsp3) is 0.412. The molecule has 1 aliphatic heterocycles. The van der Waals surface area contributed by atoms with Crippen molar-refractivity contribution in [2.45, 2.75) is 6.92 Å². The zero-order valence-electron chi connectivity index (χ0n) is 14.4. The molecule has 0 N–H and O–H groups in total. The van der Waals surface area contributed by atoms with Gasteiger partial charge < -0.3 is 14.5 Å². The van der Waals surface area contributed by atoms with Gasteiger partial charge in [0.1, 0.15) is 11.4 Å². The van der Waals surface area contributed by atoms with E-state index in [2.05, 4.69) is 15.0 Å². The number of carbonyl (C=O) groups is 2. The van der Waals surface area contributed by atoms with Crippen molar-refractivity contribution in [2.75, 3.05) is 37.7 Å². The van der Waals surface area contributed by atoms with Crippen molar-refractivity contribution < 1.29 is 14.3 Å². The molecule has 1 aliphatic rings. The molecule has 1 saturated heterocycles. The molecule has 25 heavy (non-hydrogen) atoms. The number of anilines is 1. The van der Waals surface area contributed by atoms with Gasteiger partial charge in [-0.05, 0) is 19.1 Å². The van der Waals surface area contributed by atoms with Gasteiger partial charge in [-0.3, -0.25) is 9.48 Å². The van der Waals surface area contributed by atoms with E-state index in [1.807, 2.05) is 18.2 Å². The summed E-state index contributed by atoms with van der Waals surface area (Å²) in [5, 5.41) is 4.00. The van der Waals surface area contributed by atoms with Gasteiger partial charge in [-0.15, -0.1) is 0 Å². The lowest BCUT2D eigenvalue weighted by Crippen LogP contribution is -2.50. The number of aromatic nitrogens is 3. The largest absolute Gasteiger partial charge is 0.452 e. The maximum absolute atomic E-state index is 12.3. The van der Waals surface area contributed by atoms with E-state index in [1.165, 1.54) is 6.20 Å². The molecule has 8 heteroatoms. The van der Waals surface area contributed by atoms with Crippen molar-refractivity contribution in [1.82, 2.24) is 19.7 Å². The highest BCUT2D eigenvalue weighted by atomic mass is 16.5. The Morgan fingerprint density at radius 1 is 1.20 bits per heavy atom. The van der Waals surface area contributed by atoms with Crippen LogP contribution in [-0.2, 0) is 16.6 Å². The predicted molar refractivity (Wildman–Crippen MR) is 91.3 cm³/mol. The lowest BCUT2D eigenvalue weighted by molar-refractivity contribution is -0.134. The zero-order chi connectivity index (χ0) is 17.8. The highest BCUT2D eigenvalue weighted by Gasteiger charge is 2.23. The van der Waals surface area contributed by atoms with Crippen molar-refractivity contribution in [3.05, 3.63) is 41.9 Å². The molecule has 3 rings (SSSR count). The number of rotatable bonds is 4. The van der Waals surface area contributed by atoms with Crippen LogP contribution in [0.25, 0.3) is 0 Å². The van der Waals surface area contributed by atoms with Gasteiger partial charge in [0.15, 0.2) is 6.61 Å². The second-order valence-corrected chi connectivity index (χ2v) is 5.90. The molecule has 132 valence electrons. The monoisotopic (exact) mass is 343 g/mol. The SMILES string of the molecule is Cc1c(C(=O)OCC(=O)N2CCN(c3ccccn3)CC2)cnn1C. The summed E-state index contributed by atoms with van der Waals surface area (Å²) in [6, 6.07) is 5.77. The van der Waals surface area contributed by atoms with Crippen LogP contribution < -0.4 is 4.90 Å². The van der Waals surface area contributed by atoms with Crippen LogP contribution in [0, 0.1) is 6.92 Å². The lowest BCUT2D eigenvalue weighted by atomic mass is 10.2. The van der Waals surface area contributed by atoms with Gasteiger partial charge in [0.2, 0.25) is 0 Å². The molecule has 1 fully saturated rings. The number of hydrogen-bond donors (Lipinski definition) is 0. The number of esters is 1. The van der Waals surface area contributed by atoms with Crippen molar-refractivity contribution in [3.8, 4) is 0 Å². The Hall–Kier alpha value is -2.90. The summed E-state index contributed by atoms with van der Waals surface area (Å²) in [5.74, 6) is 0.203. The average Bonchev–Trinajstić information content (AvgIpc) is 2.99. The van der Waals surface area contributed by atoms with Crippen LogP contribution in [0.15, 0.2) is 30.6 Å². The summed E-state index contributed by atoms with van der Waals surface area (Å²) in [6.07, 6.45) is 3.21. The van der Waals surface area contributed by atoms with Crippen LogP contribution in [0.3, 0.4) is 0 Å². The molecule has 0 aromatic carbocycles. The Balaban J connectivity index is 1.48. The topological polar surface area (TPSA) is 80.6 Å². The van der Waals surface area contributed by atoms with E-state index in [0.717, 1.165) is 5.82 Å². The molecule has 2 aromatic heterocycles. The fourth-order valence-corrected chi connectivity index (χ4v) is 2.72. The second kappa shape index (κ2) is 7.33. The maximum atomic E-state index is 12.3. The molecule has 8 nitrogen and oxygen atoms in total. The van der Waals surface area contributed by atoms with Gasteiger partial charge in [0, 0.05) is 45.1 Å². The van der Waals surface area contributed by atoms with Crippen LogP contribution in [-0.4, -0.2) is 64.3 Å². The van der Waals surface area contributed by atoms with Crippen molar-refractivity contribution >= 4 is 17.7 Å². The summed E-state index contributed by atoms with van der Waals surface area (Å²) in [7, 11) is 1.75. The summed E-state index contributed by atoms with van der Waals surface area (Å²) >= 11 is 0. The Morgan fingerprint density at radius 3 is 2.56 bits per heavy atom. The zero-order valence-corrected chi connectivity index (χ0v) is 14.4. The smallest absolute Gasteiger partial charge is 0.342 e. The quantitative estimate of drug-likeness (QED) is 0.758. The first-order valence-electron chi connectivity index (χ1n) is 8.15. The molecule has 0 bridgehead atoms. The Kier molecular flexibility index (Phi) is 4.97. The van der Waals surface area contributed by atoms with Gasteiger partial charge in [-0.25, -0.2) is 9.78 Å². The Bertz CT molecular complexity index is 751. The lowest BCUT2D eigenvalue weighted by Gasteiger charge is -2.35. The first-order valence-corrected chi connectivity index (χ1v) is 8.15. The van der Waals surface area contributed by atoms with Crippen LogP contribution in [0.4, 0.5) is 5.82 Å². The van der Waals surface area contributed by atoms with E-state index in [9.17, 15) is 9.59 Å². The van der Waals surface area contributed by atoms with E-state index in [1.54, 1.807) is 29.7 Å². The molecule has 0 aliphatic carbocycles. The third-order valence-corrected chi connectivity index (χ3v) is 4.39. The molecular formula is C17H21N5O3. The predicted octanol–water partition coefficient (Wildman–Crippen LogP) is 0.629. The average molecular weight is 343 g/mol. The number of hydrogen-bond acceptors (Lipinski definition) is 6. The first kappa shape index (κ1) is 16.9. The van der Waals surface area contributed by atoms with Gasteiger partial charge in [-0.1, -0.05) is 6.07 Å². The summed E-state index contributed by atoms with van der Waals surface area (Å²) in [6.45, 7) is 4.10. The van der Waals surface area contributed by atoms with E-state index in [4.69, 9.17) is 4.74 Å². The van der Waals surface area contributed by atoms with Crippen LogP contribution in [0.1, 0.15) is 16.1 Å². The van der Waals surface area contributed by atoms with Gasteiger partial charge in [0.05, 0.1) is 6.20 Å². The normalized spacial score (nSPS) is 14.5. The fourth-order valence-electron chi connectivity index (χ4n) is 2.72. The van der Waals surface area contributed by atoms with E-state index in [0.29, 0.717) is 37.4 Å². The molecule has 0 spiro atoms. The van der Waals surface area contributed by atoms with Crippen molar-refractivity contribution in [3.63, 3.8) is 0 Å². The Morgan fingerprint density at radius 2 is 1.96 bits per heavy atom. The summed E-state index contributed by atoms with van der Waals surface area (Å²) < 4.78 is 6.73. The third-order valence-electron chi connectivity index (χ3n) is 4.39. The molecule has 3 heterocycles. The van der Waals surface area contributed by atoms with Crippen molar-refractivity contribution in [2.24, 2.45) is 7.05 Å². The number of pyridine rings is 1. The summed E-state index contributed by atoms with van der Waals surface area (Å²) in [5.41, 5.74) is 1.09. The van der Waals surface area contributed by atoms with Gasteiger partial charge >= 0.3 is 5.97 Å². The summed E-state index contributed by atoms with van der Waals surface area (Å²) in [4.78, 5) is 32.5. The van der Waals surface area contributed by atoms with E-state index < -0.39 is 5.97 Å².